The predicted octanol–water partition coefficient (Wildman–Crippen LogP) is 3.02. The van der Waals surface area contributed by atoms with Crippen molar-refractivity contribution in [2.24, 2.45) is 0 Å². The molecular weight excluding hydrogens is 296 g/mol. The van der Waals surface area contributed by atoms with E-state index in [1.165, 1.54) is 12.1 Å². The van der Waals surface area contributed by atoms with Crippen LogP contribution in [-0.4, -0.2) is 17.9 Å². The van der Waals surface area contributed by atoms with Crippen LogP contribution in [0.15, 0.2) is 48.5 Å². The van der Waals surface area contributed by atoms with Crippen LogP contribution in [0.4, 0.5) is 5.69 Å². The largest absolute Gasteiger partial charge is 0.496 e. The number of hydrogen-bond donors (Lipinski definition) is 1. The van der Waals surface area contributed by atoms with Gasteiger partial charge in [-0.15, -0.1) is 0 Å². The predicted molar refractivity (Wildman–Crippen MR) is 86.4 cm³/mol. The molecule has 1 amide bonds. The molecule has 0 aromatic heterocycles. The molecule has 0 aliphatic rings. The number of nitrogens with zero attached hydrogens (tertiary/aromatic N) is 1. The van der Waals surface area contributed by atoms with Gasteiger partial charge in [0.25, 0.3) is 5.69 Å². The Morgan fingerprint density at radius 1 is 1.22 bits per heavy atom. The number of nitrogens with one attached hydrogen (secondary N) is 1. The first-order valence-electron chi connectivity index (χ1n) is 7.17. The summed E-state index contributed by atoms with van der Waals surface area (Å²) in [7, 11) is 1.58. The van der Waals surface area contributed by atoms with E-state index in [2.05, 4.69) is 5.32 Å². The summed E-state index contributed by atoms with van der Waals surface area (Å²) in [6, 6.07) is 13.5. The van der Waals surface area contributed by atoms with E-state index in [-0.39, 0.29) is 11.6 Å². The van der Waals surface area contributed by atoms with Crippen molar-refractivity contribution in [1.29, 1.82) is 0 Å². The highest BCUT2D eigenvalue weighted by molar-refractivity contribution is 5.83. The quantitative estimate of drug-likeness (QED) is 0.656. The van der Waals surface area contributed by atoms with E-state index in [9.17, 15) is 14.9 Å². The smallest absolute Gasteiger partial charge is 0.269 e. The second kappa shape index (κ2) is 7.40. The van der Waals surface area contributed by atoms with Crippen molar-refractivity contribution in [2.45, 2.75) is 19.4 Å². The summed E-state index contributed by atoms with van der Waals surface area (Å²) in [6.45, 7) is 2.12. The van der Waals surface area contributed by atoms with Gasteiger partial charge in [0.1, 0.15) is 5.75 Å². The van der Waals surface area contributed by atoms with E-state index < -0.39 is 10.8 Å². The number of carbonyl (C=O) groups excluding carboxylic acids is 1. The summed E-state index contributed by atoms with van der Waals surface area (Å²) in [5.74, 6) is 0.172. The number of hydrogen-bond acceptors (Lipinski definition) is 4. The minimum Gasteiger partial charge on any atom is -0.496 e. The second-order valence-electron chi connectivity index (χ2n) is 5.10. The van der Waals surface area contributed by atoms with Crippen LogP contribution in [0.3, 0.4) is 0 Å². The van der Waals surface area contributed by atoms with Crippen LogP contribution < -0.4 is 10.1 Å². The number of ether oxygens (including phenoxy) is 1. The topological polar surface area (TPSA) is 81.5 Å². The number of nitro benzene ring substituents is 1. The SMILES string of the molecule is COc1ccccc1CNC(=O)[C@@H](C)c1ccc([N+](=O)[O-])cc1. The summed E-state index contributed by atoms with van der Waals surface area (Å²) in [5.41, 5.74) is 1.63. The van der Waals surface area contributed by atoms with Crippen molar-refractivity contribution in [3.8, 4) is 5.75 Å². The molecule has 1 N–H and O–H groups in total. The van der Waals surface area contributed by atoms with Gasteiger partial charge in [-0.25, -0.2) is 0 Å². The second-order valence-corrected chi connectivity index (χ2v) is 5.10. The molecular formula is C17H18N2O4. The first kappa shape index (κ1) is 16.5. The molecule has 23 heavy (non-hydrogen) atoms. The van der Waals surface area contributed by atoms with Crippen molar-refractivity contribution in [3.63, 3.8) is 0 Å². The number of para-hydroxylation sites is 1. The molecule has 1 atom stereocenters. The number of non-ortho nitro benzene ring substituents is 1. The summed E-state index contributed by atoms with van der Waals surface area (Å²) in [6.07, 6.45) is 0. The van der Waals surface area contributed by atoms with Gasteiger partial charge < -0.3 is 10.1 Å². The molecule has 2 aromatic carbocycles. The minimum atomic E-state index is -0.462. The van der Waals surface area contributed by atoms with Gasteiger partial charge >= 0.3 is 0 Å². The summed E-state index contributed by atoms with van der Waals surface area (Å²) in [4.78, 5) is 22.4. The zero-order valence-corrected chi connectivity index (χ0v) is 13.0. The van der Waals surface area contributed by atoms with Crippen molar-refractivity contribution in [2.75, 3.05) is 7.11 Å². The van der Waals surface area contributed by atoms with Gasteiger partial charge in [-0.2, -0.15) is 0 Å². The molecule has 0 aliphatic carbocycles. The van der Waals surface area contributed by atoms with Gasteiger partial charge in [-0.3, -0.25) is 14.9 Å². The van der Waals surface area contributed by atoms with E-state index in [0.29, 0.717) is 6.54 Å². The van der Waals surface area contributed by atoms with Crippen LogP contribution >= 0.6 is 0 Å². The Labute approximate surface area is 134 Å². The molecule has 0 aliphatic heterocycles. The number of rotatable bonds is 6. The van der Waals surface area contributed by atoms with Gasteiger partial charge in [-0.05, 0) is 18.6 Å². The van der Waals surface area contributed by atoms with Crippen molar-refractivity contribution in [1.82, 2.24) is 5.32 Å². The number of nitro groups is 1. The number of amides is 1. The summed E-state index contributed by atoms with van der Waals surface area (Å²) < 4.78 is 5.24. The molecule has 0 saturated carbocycles. The highest BCUT2D eigenvalue weighted by Gasteiger charge is 2.16. The van der Waals surface area contributed by atoms with Crippen LogP contribution in [0.5, 0.6) is 5.75 Å². The lowest BCUT2D eigenvalue weighted by Gasteiger charge is -2.14. The highest BCUT2D eigenvalue weighted by atomic mass is 16.6. The monoisotopic (exact) mass is 314 g/mol. The lowest BCUT2D eigenvalue weighted by molar-refractivity contribution is -0.384. The van der Waals surface area contributed by atoms with Crippen LogP contribution in [0.1, 0.15) is 24.0 Å². The fourth-order valence-corrected chi connectivity index (χ4v) is 2.22. The van der Waals surface area contributed by atoms with Gasteiger partial charge in [0, 0.05) is 24.2 Å². The average Bonchev–Trinajstić information content (AvgIpc) is 2.59. The highest BCUT2D eigenvalue weighted by Crippen LogP contribution is 2.20. The third-order valence-corrected chi connectivity index (χ3v) is 3.64. The molecule has 2 rings (SSSR count). The normalized spacial score (nSPS) is 11.6. The van der Waals surface area contributed by atoms with Gasteiger partial charge in [0.15, 0.2) is 0 Å². The lowest BCUT2D eigenvalue weighted by Crippen LogP contribution is -2.27. The Balaban J connectivity index is 2.01. The molecule has 0 saturated heterocycles. The van der Waals surface area contributed by atoms with E-state index in [4.69, 9.17) is 4.74 Å². The van der Waals surface area contributed by atoms with Crippen molar-refractivity contribution >= 4 is 11.6 Å². The van der Waals surface area contributed by atoms with Crippen molar-refractivity contribution in [3.05, 3.63) is 69.8 Å². The molecule has 0 unspecified atom stereocenters. The maximum absolute atomic E-state index is 12.2. The molecule has 120 valence electrons. The Morgan fingerprint density at radius 2 is 1.87 bits per heavy atom. The summed E-state index contributed by atoms with van der Waals surface area (Å²) in [5, 5.41) is 13.5. The van der Waals surface area contributed by atoms with E-state index in [1.54, 1.807) is 26.2 Å². The first-order chi connectivity index (χ1) is 11.0. The molecule has 2 aromatic rings. The lowest BCUT2D eigenvalue weighted by atomic mass is 10.00. The molecule has 0 bridgehead atoms. The molecule has 0 spiro atoms. The Morgan fingerprint density at radius 3 is 2.48 bits per heavy atom. The van der Waals surface area contributed by atoms with Crippen molar-refractivity contribution < 1.29 is 14.5 Å². The molecule has 6 nitrogen and oxygen atoms in total. The van der Waals surface area contributed by atoms with E-state index in [1.807, 2.05) is 24.3 Å². The molecule has 6 heteroatoms. The molecule has 0 heterocycles. The number of benzene rings is 2. The van der Waals surface area contributed by atoms with Crippen LogP contribution in [-0.2, 0) is 11.3 Å². The fraction of sp³-hybridized carbons (Fsp3) is 0.235. The fourth-order valence-electron chi connectivity index (χ4n) is 2.22. The Kier molecular flexibility index (Phi) is 5.30. The van der Waals surface area contributed by atoms with E-state index >= 15 is 0 Å². The minimum absolute atomic E-state index is 0.00961. The average molecular weight is 314 g/mol. The Hall–Kier alpha value is -2.89. The molecule has 0 fully saturated rings. The maximum Gasteiger partial charge on any atom is 0.269 e. The zero-order valence-electron chi connectivity index (χ0n) is 13.0. The third kappa shape index (κ3) is 4.06. The van der Waals surface area contributed by atoms with Gasteiger partial charge in [0.2, 0.25) is 5.91 Å². The summed E-state index contributed by atoms with van der Waals surface area (Å²) >= 11 is 0. The van der Waals surface area contributed by atoms with Gasteiger partial charge in [-0.1, -0.05) is 30.3 Å². The standard InChI is InChI=1S/C17H18N2O4/c1-12(13-7-9-15(10-8-13)19(21)22)17(20)18-11-14-5-3-4-6-16(14)23-2/h3-10,12H,11H2,1-2H3,(H,18,20)/t12-/m0/s1. The third-order valence-electron chi connectivity index (χ3n) is 3.64. The van der Waals surface area contributed by atoms with Crippen LogP contribution in [0.25, 0.3) is 0 Å². The maximum atomic E-state index is 12.2. The zero-order chi connectivity index (χ0) is 16.8. The Bertz CT molecular complexity index is 698. The van der Waals surface area contributed by atoms with E-state index in [0.717, 1.165) is 16.9 Å². The van der Waals surface area contributed by atoms with Gasteiger partial charge in [0.05, 0.1) is 18.0 Å². The molecule has 0 radical (unpaired) electrons. The number of carbonyl (C=O) groups is 1. The first-order valence-corrected chi connectivity index (χ1v) is 7.17. The van der Waals surface area contributed by atoms with Crippen LogP contribution in [0.2, 0.25) is 0 Å². The van der Waals surface area contributed by atoms with Crippen LogP contribution in [0, 0.1) is 10.1 Å². The number of methoxy groups -OCH3 is 1.